The van der Waals surface area contributed by atoms with E-state index in [0.29, 0.717) is 17.6 Å². The van der Waals surface area contributed by atoms with Crippen LogP contribution in [0.25, 0.3) is 0 Å². The number of nitrogens with zero attached hydrogens (tertiary/aromatic N) is 1. The Morgan fingerprint density at radius 3 is 2.81 bits per heavy atom. The Hall–Kier alpha value is -1.62. The van der Waals surface area contributed by atoms with E-state index in [4.69, 9.17) is 0 Å². The fourth-order valence-corrected chi connectivity index (χ4v) is 4.04. The third-order valence-corrected chi connectivity index (χ3v) is 5.08. The molecule has 3 aliphatic rings. The maximum Gasteiger partial charge on any atom is 0.412 e. The molecule has 1 aromatic rings. The molecule has 1 heterocycles. The van der Waals surface area contributed by atoms with Crippen LogP contribution in [0.5, 0.6) is 0 Å². The van der Waals surface area contributed by atoms with Gasteiger partial charge in [-0.3, -0.25) is 4.90 Å². The molecule has 2 saturated carbocycles. The number of nitrogens with one attached hydrogen (secondary N) is 1. The Balaban J connectivity index is 1.81. The lowest BCUT2D eigenvalue weighted by Gasteiger charge is -2.42. The van der Waals surface area contributed by atoms with E-state index < -0.39 is 6.09 Å². The summed E-state index contributed by atoms with van der Waals surface area (Å²) in [5.41, 5.74) is 1.47. The van der Waals surface area contributed by atoms with E-state index in [9.17, 15) is 14.3 Å². The van der Waals surface area contributed by atoms with E-state index in [1.807, 2.05) is 0 Å². The lowest BCUT2D eigenvalue weighted by Crippen LogP contribution is -2.50. The highest BCUT2D eigenvalue weighted by Gasteiger charge is 2.47. The number of halogens is 1. The first kappa shape index (κ1) is 13.1. The molecule has 0 spiro atoms. The number of anilines is 1. The van der Waals surface area contributed by atoms with E-state index in [-0.39, 0.29) is 17.9 Å². The summed E-state index contributed by atoms with van der Waals surface area (Å²) in [7, 11) is 0. The first-order valence-electron chi connectivity index (χ1n) is 7.73. The Kier molecular flexibility index (Phi) is 2.92. The fraction of sp³-hybridized carbons (Fsp3) is 0.562. The van der Waals surface area contributed by atoms with Crippen molar-refractivity contribution in [3.05, 3.63) is 29.6 Å². The standard InChI is InChI=1S/C16H19FN2O2/c17-9-4-7-12-14(8-9)19(16(20)21)13-3-1-2-11(13)15(12)18-10-5-6-10/h4,7-8,10-11,13,15,18H,1-3,5-6H2,(H,20,21). The number of carboxylic acid groups (broad SMARTS) is 1. The van der Waals surface area contributed by atoms with Gasteiger partial charge in [0.05, 0.1) is 5.69 Å². The van der Waals surface area contributed by atoms with Gasteiger partial charge in [0.15, 0.2) is 0 Å². The molecule has 21 heavy (non-hydrogen) atoms. The van der Waals surface area contributed by atoms with Gasteiger partial charge in [0.2, 0.25) is 0 Å². The molecule has 112 valence electrons. The van der Waals surface area contributed by atoms with Crippen LogP contribution in [-0.4, -0.2) is 23.3 Å². The summed E-state index contributed by atoms with van der Waals surface area (Å²) in [6.45, 7) is 0. The zero-order valence-electron chi connectivity index (χ0n) is 11.8. The Morgan fingerprint density at radius 1 is 1.29 bits per heavy atom. The smallest absolute Gasteiger partial charge is 0.412 e. The normalized spacial score (nSPS) is 30.9. The predicted octanol–water partition coefficient (Wildman–Crippen LogP) is 3.29. The van der Waals surface area contributed by atoms with E-state index >= 15 is 0 Å². The molecule has 0 radical (unpaired) electrons. The lowest BCUT2D eigenvalue weighted by atomic mass is 9.83. The summed E-state index contributed by atoms with van der Waals surface area (Å²) in [4.78, 5) is 13.1. The first-order valence-corrected chi connectivity index (χ1v) is 7.73. The quantitative estimate of drug-likeness (QED) is 0.879. The Labute approximate surface area is 122 Å². The second kappa shape index (κ2) is 4.70. The highest BCUT2D eigenvalue weighted by molar-refractivity contribution is 5.89. The molecule has 2 N–H and O–H groups in total. The second-order valence-corrected chi connectivity index (χ2v) is 6.44. The first-order chi connectivity index (χ1) is 10.1. The minimum atomic E-state index is -0.969. The summed E-state index contributed by atoms with van der Waals surface area (Å²) in [5.74, 6) is -0.0683. The van der Waals surface area contributed by atoms with Gasteiger partial charge in [-0.25, -0.2) is 9.18 Å². The SMILES string of the molecule is O=C(O)N1c2cc(F)ccc2C(NC2CC2)C2CCCC21. The number of rotatable bonds is 2. The lowest BCUT2D eigenvalue weighted by molar-refractivity contribution is 0.191. The average Bonchev–Trinajstić information content (AvgIpc) is 3.13. The van der Waals surface area contributed by atoms with Crippen molar-refractivity contribution in [2.75, 3.05) is 4.90 Å². The summed E-state index contributed by atoms with van der Waals surface area (Å²) < 4.78 is 13.6. The topological polar surface area (TPSA) is 52.6 Å². The molecule has 3 unspecified atom stereocenters. The highest BCUT2D eigenvalue weighted by atomic mass is 19.1. The molecular weight excluding hydrogens is 271 g/mol. The minimum Gasteiger partial charge on any atom is -0.465 e. The van der Waals surface area contributed by atoms with Crippen molar-refractivity contribution >= 4 is 11.8 Å². The van der Waals surface area contributed by atoms with Crippen LogP contribution in [-0.2, 0) is 0 Å². The molecule has 1 amide bonds. The molecular formula is C16H19FN2O2. The van der Waals surface area contributed by atoms with Crippen molar-refractivity contribution in [1.29, 1.82) is 0 Å². The molecule has 1 aromatic carbocycles. The number of hydrogen-bond donors (Lipinski definition) is 2. The number of hydrogen-bond acceptors (Lipinski definition) is 2. The summed E-state index contributed by atoms with van der Waals surface area (Å²) >= 11 is 0. The van der Waals surface area contributed by atoms with Crippen molar-refractivity contribution < 1.29 is 14.3 Å². The minimum absolute atomic E-state index is 0.0203. The maximum atomic E-state index is 13.6. The monoisotopic (exact) mass is 290 g/mol. The molecule has 5 heteroatoms. The van der Waals surface area contributed by atoms with Crippen molar-refractivity contribution in [2.45, 2.75) is 50.2 Å². The predicted molar refractivity (Wildman–Crippen MR) is 76.9 cm³/mol. The number of carbonyl (C=O) groups is 1. The molecule has 4 rings (SSSR count). The van der Waals surface area contributed by atoms with Gasteiger partial charge in [0.1, 0.15) is 5.82 Å². The zero-order chi connectivity index (χ0) is 14.6. The molecule has 4 nitrogen and oxygen atoms in total. The van der Waals surface area contributed by atoms with E-state index in [1.165, 1.54) is 29.9 Å². The average molecular weight is 290 g/mol. The summed E-state index contributed by atoms with van der Waals surface area (Å²) in [5, 5.41) is 13.2. The molecule has 3 atom stereocenters. The van der Waals surface area contributed by atoms with Crippen molar-refractivity contribution in [1.82, 2.24) is 5.32 Å². The van der Waals surface area contributed by atoms with Gasteiger partial charge >= 0.3 is 6.09 Å². The molecule has 1 aliphatic heterocycles. The van der Waals surface area contributed by atoms with E-state index in [1.54, 1.807) is 6.07 Å². The number of amides is 1. The van der Waals surface area contributed by atoms with Gasteiger partial charge < -0.3 is 10.4 Å². The molecule has 0 bridgehead atoms. The van der Waals surface area contributed by atoms with Gasteiger partial charge in [-0.1, -0.05) is 12.5 Å². The Bertz CT molecular complexity index is 588. The fourth-order valence-electron chi connectivity index (χ4n) is 4.04. The highest BCUT2D eigenvalue weighted by Crippen LogP contribution is 2.48. The third kappa shape index (κ3) is 2.11. The van der Waals surface area contributed by atoms with Crippen LogP contribution in [0.3, 0.4) is 0 Å². The molecule has 0 aromatic heterocycles. The van der Waals surface area contributed by atoms with Crippen LogP contribution >= 0.6 is 0 Å². The van der Waals surface area contributed by atoms with Gasteiger partial charge in [-0.15, -0.1) is 0 Å². The maximum absolute atomic E-state index is 13.6. The van der Waals surface area contributed by atoms with Crippen LogP contribution in [0, 0.1) is 11.7 Å². The van der Waals surface area contributed by atoms with Crippen LogP contribution < -0.4 is 10.2 Å². The Morgan fingerprint density at radius 2 is 2.10 bits per heavy atom. The largest absolute Gasteiger partial charge is 0.465 e. The van der Waals surface area contributed by atoms with Crippen LogP contribution in [0.4, 0.5) is 14.9 Å². The summed E-state index contributed by atoms with van der Waals surface area (Å²) in [6.07, 6.45) is 4.35. The van der Waals surface area contributed by atoms with Crippen LogP contribution in [0.15, 0.2) is 18.2 Å². The molecule has 2 aliphatic carbocycles. The van der Waals surface area contributed by atoms with E-state index in [2.05, 4.69) is 5.32 Å². The van der Waals surface area contributed by atoms with E-state index in [0.717, 1.165) is 24.8 Å². The van der Waals surface area contributed by atoms with Crippen molar-refractivity contribution in [3.63, 3.8) is 0 Å². The van der Waals surface area contributed by atoms with Crippen LogP contribution in [0.2, 0.25) is 0 Å². The van der Waals surface area contributed by atoms with Gasteiger partial charge in [0.25, 0.3) is 0 Å². The van der Waals surface area contributed by atoms with Crippen molar-refractivity contribution in [2.24, 2.45) is 5.92 Å². The number of fused-ring (bicyclic) bond motifs is 2. The molecule has 0 saturated heterocycles. The molecule has 2 fully saturated rings. The number of benzene rings is 1. The van der Waals surface area contributed by atoms with Crippen molar-refractivity contribution in [3.8, 4) is 0 Å². The second-order valence-electron chi connectivity index (χ2n) is 6.44. The zero-order valence-corrected chi connectivity index (χ0v) is 11.8. The van der Waals surface area contributed by atoms with Gasteiger partial charge in [0, 0.05) is 18.1 Å². The van der Waals surface area contributed by atoms with Gasteiger partial charge in [-0.2, -0.15) is 0 Å². The van der Waals surface area contributed by atoms with Crippen LogP contribution in [0.1, 0.15) is 43.7 Å². The summed E-state index contributed by atoms with van der Waals surface area (Å²) in [6, 6.07) is 5.26. The van der Waals surface area contributed by atoms with Gasteiger partial charge in [-0.05, 0) is 49.3 Å². The third-order valence-electron chi connectivity index (χ3n) is 5.08.